The van der Waals surface area contributed by atoms with Gasteiger partial charge in [-0.2, -0.15) is 0 Å². The summed E-state index contributed by atoms with van der Waals surface area (Å²) in [6, 6.07) is 15.6. The molecule has 1 aliphatic rings. The molecule has 1 amide bonds. The zero-order valence-corrected chi connectivity index (χ0v) is 12.7. The number of methoxy groups -OCH3 is 1. The topological polar surface area (TPSA) is 38.3 Å². The number of carbonyl (C=O) groups is 1. The van der Waals surface area contributed by atoms with E-state index < -0.39 is 0 Å². The predicted molar refractivity (Wildman–Crippen MR) is 85.0 cm³/mol. The van der Waals surface area contributed by atoms with E-state index >= 15 is 0 Å². The molecule has 21 heavy (non-hydrogen) atoms. The summed E-state index contributed by atoms with van der Waals surface area (Å²) < 4.78 is 5.17. The van der Waals surface area contributed by atoms with Crippen LogP contribution >= 0.6 is 11.8 Å². The van der Waals surface area contributed by atoms with Crippen molar-refractivity contribution >= 4 is 17.7 Å². The molecule has 0 unspecified atom stereocenters. The number of carbonyl (C=O) groups excluding carboxylic acids is 1. The van der Waals surface area contributed by atoms with Gasteiger partial charge in [0.2, 0.25) is 0 Å². The highest BCUT2D eigenvalue weighted by atomic mass is 32.2. The maximum atomic E-state index is 12.4. The average Bonchev–Trinajstić information content (AvgIpc) is 2.55. The summed E-state index contributed by atoms with van der Waals surface area (Å²) in [5, 5.41) is 3.13. The Hall–Kier alpha value is -1.94. The molecule has 0 saturated heterocycles. The van der Waals surface area contributed by atoms with Gasteiger partial charge in [-0.25, -0.2) is 0 Å². The summed E-state index contributed by atoms with van der Waals surface area (Å²) in [4.78, 5) is 13.7. The third-order valence-electron chi connectivity index (χ3n) is 3.60. The number of nitrogens with one attached hydrogen (secondary N) is 1. The molecule has 1 heterocycles. The molecule has 4 heteroatoms. The molecule has 2 aromatic carbocycles. The highest BCUT2D eigenvalue weighted by Crippen LogP contribution is 2.35. The number of hydrogen-bond donors (Lipinski definition) is 1. The molecular weight excluding hydrogens is 282 g/mol. The van der Waals surface area contributed by atoms with Crippen molar-refractivity contribution in [2.75, 3.05) is 12.9 Å². The van der Waals surface area contributed by atoms with Crippen LogP contribution in [0.15, 0.2) is 53.4 Å². The van der Waals surface area contributed by atoms with E-state index in [4.69, 9.17) is 4.74 Å². The second kappa shape index (κ2) is 6.22. The predicted octanol–water partition coefficient (Wildman–Crippen LogP) is 3.66. The highest BCUT2D eigenvalue weighted by Gasteiger charge is 2.22. The fourth-order valence-corrected chi connectivity index (χ4v) is 3.62. The van der Waals surface area contributed by atoms with Crippen LogP contribution in [0.2, 0.25) is 0 Å². The van der Waals surface area contributed by atoms with Crippen molar-refractivity contribution < 1.29 is 9.53 Å². The van der Waals surface area contributed by atoms with Crippen LogP contribution in [-0.2, 0) is 0 Å². The van der Waals surface area contributed by atoms with Gasteiger partial charge in [0.05, 0.1) is 13.2 Å². The molecule has 0 radical (unpaired) electrons. The summed E-state index contributed by atoms with van der Waals surface area (Å²) in [5.74, 6) is 1.67. The molecule has 0 aliphatic carbocycles. The number of ether oxygens (including phenoxy) is 1. The number of thioether (sulfide) groups is 1. The van der Waals surface area contributed by atoms with Crippen molar-refractivity contribution in [3.8, 4) is 5.75 Å². The van der Waals surface area contributed by atoms with Crippen molar-refractivity contribution in [2.24, 2.45) is 0 Å². The first kappa shape index (κ1) is 14.0. The van der Waals surface area contributed by atoms with Gasteiger partial charge < -0.3 is 10.1 Å². The Bertz CT molecular complexity index is 657. The molecule has 3 rings (SSSR count). The quantitative estimate of drug-likeness (QED) is 0.940. The summed E-state index contributed by atoms with van der Waals surface area (Å²) in [7, 11) is 1.60. The Labute approximate surface area is 128 Å². The van der Waals surface area contributed by atoms with Gasteiger partial charge in [-0.3, -0.25) is 4.79 Å². The number of hydrogen-bond acceptors (Lipinski definition) is 3. The van der Waals surface area contributed by atoms with Gasteiger partial charge >= 0.3 is 0 Å². The minimum atomic E-state index is -0.0550. The maximum Gasteiger partial charge on any atom is 0.251 e. The van der Waals surface area contributed by atoms with Gasteiger partial charge in [-0.05, 0) is 36.2 Å². The van der Waals surface area contributed by atoms with Gasteiger partial charge in [0.1, 0.15) is 5.75 Å². The fourth-order valence-electron chi connectivity index (χ4n) is 2.50. The van der Waals surface area contributed by atoms with Crippen LogP contribution in [0.3, 0.4) is 0 Å². The van der Waals surface area contributed by atoms with Crippen LogP contribution in [0.5, 0.6) is 5.75 Å². The number of benzene rings is 2. The van der Waals surface area contributed by atoms with E-state index in [2.05, 4.69) is 17.4 Å². The monoisotopic (exact) mass is 299 g/mol. The van der Waals surface area contributed by atoms with Crippen LogP contribution in [0.25, 0.3) is 0 Å². The van der Waals surface area contributed by atoms with E-state index in [0.29, 0.717) is 11.3 Å². The lowest BCUT2D eigenvalue weighted by Crippen LogP contribution is -2.30. The summed E-state index contributed by atoms with van der Waals surface area (Å²) in [5.41, 5.74) is 1.84. The molecule has 3 nitrogen and oxygen atoms in total. The Balaban J connectivity index is 1.79. The highest BCUT2D eigenvalue weighted by molar-refractivity contribution is 7.99. The normalized spacial score (nSPS) is 16.9. The van der Waals surface area contributed by atoms with Crippen LogP contribution in [0.1, 0.15) is 28.4 Å². The number of amides is 1. The van der Waals surface area contributed by atoms with Gasteiger partial charge in [-0.1, -0.05) is 24.3 Å². The summed E-state index contributed by atoms with van der Waals surface area (Å²) in [6.07, 6.45) is 0.956. The lowest BCUT2D eigenvalue weighted by Gasteiger charge is -2.25. The van der Waals surface area contributed by atoms with E-state index in [1.807, 2.05) is 36.0 Å². The first-order chi connectivity index (χ1) is 10.3. The van der Waals surface area contributed by atoms with Crippen LogP contribution in [-0.4, -0.2) is 18.8 Å². The van der Waals surface area contributed by atoms with Gasteiger partial charge in [-0.15, -0.1) is 11.8 Å². The summed E-state index contributed by atoms with van der Waals surface area (Å²) in [6.45, 7) is 0. The Morgan fingerprint density at radius 1 is 1.24 bits per heavy atom. The Morgan fingerprint density at radius 2 is 2.10 bits per heavy atom. The molecular formula is C17H17NO2S. The lowest BCUT2D eigenvalue weighted by molar-refractivity contribution is 0.0934. The van der Waals surface area contributed by atoms with E-state index in [1.165, 1.54) is 10.5 Å². The maximum absolute atomic E-state index is 12.4. The molecule has 0 bridgehead atoms. The first-order valence-electron chi connectivity index (χ1n) is 6.94. The van der Waals surface area contributed by atoms with Gasteiger partial charge in [0.25, 0.3) is 5.91 Å². The standard InChI is InChI=1S/C17H17NO2S/c1-20-13-6-4-5-12(11-13)17(19)18-15-9-10-21-16-8-3-2-7-14(15)16/h2-8,11,15H,9-10H2,1H3,(H,18,19)/t15-/m0/s1. The minimum absolute atomic E-state index is 0.0550. The molecule has 1 aliphatic heterocycles. The average molecular weight is 299 g/mol. The fraction of sp³-hybridized carbons (Fsp3) is 0.235. The lowest BCUT2D eigenvalue weighted by atomic mass is 10.0. The Morgan fingerprint density at radius 3 is 2.95 bits per heavy atom. The molecule has 0 aromatic heterocycles. The number of rotatable bonds is 3. The first-order valence-corrected chi connectivity index (χ1v) is 7.93. The number of fused-ring (bicyclic) bond motifs is 1. The van der Waals surface area contributed by atoms with Crippen LogP contribution < -0.4 is 10.1 Å². The summed E-state index contributed by atoms with van der Waals surface area (Å²) >= 11 is 1.85. The van der Waals surface area contributed by atoms with E-state index in [9.17, 15) is 4.79 Å². The van der Waals surface area contributed by atoms with Gasteiger partial charge in [0, 0.05) is 16.2 Å². The van der Waals surface area contributed by atoms with Crippen molar-refractivity contribution in [3.63, 3.8) is 0 Å². The smallest absolute Gasteiger partial charge is 0.251 e. The molecule has 2 aromatic rings. The van der Waals surface area contributed by atoms with Crippen molar-refractivity contribution in [3.05, 3.63) is 59.7 Å². The third-order valence-corrected chi connectivity index (χ3v) is 4.72. The largest absolute Gasteiger partial charge is 0.497 e. The van der Waals surface area contributed by atoms with Crippen molar-refractivity contribution in [2.45, 2.75) is 17.4 Å². The molecule has 1 atom stereocenters. The van der Waals surface area contributed by atoms with Gasteiger partial charge in [0.15, 0.2) is 0 Å². The third kappa shape index (κ3) is 3.05. The van der Waals surface area contributed by atoms with Crippen molar-refractivity contribution in [1.82, 2.24) is 5.32 Å². The molecule has 0 saturated carbocycles. The SMILES string of the molecule is COc1cccc(C(=O)N[C@H]2CCSc3ccccc32)c1. The second-order valence-corrected chi connectivity index (χ2v) is 6.07. The molecule has 108 valence electrons. The minimum Gasteiger partial charge on any atom is -0.497 e. The molecule has 0 fully saturated rings. The zero-order chi connectivity index (χ0) is 14.7. The van der Waals surface area contributed by atoms with Crippen LogP contribution in [0.4, 0.5) is 0 Å². The molecule has 0 spiro atoms. The van der Waals surface area contributed by atoms with Crippen molar-refractivity contribution in [1.29, 1.82) is 0 Å². The molecule has 1 N–H and O–H groups in total. The van der Waals surface area contributed by atoms with E-state index in [-0.39, 0.29) is 11.9 Å². The Kier molecular flexibility index (Phi) is 4.15. The van der Waals surface area contributed by atoms with E-state index in [1.54, 1.807) is 19.2 Å². The second-order valence-electron chi connectivity index (χ2n) is 4.93. The zero-order valence-electron chi connectivity index (χ0n) is 11.8. The van der Waals surface area contributed by atoms with Crippen LogP contribution in [0, 0.1) is 0 Å². The van der Waals surface area contributed by atoms with E-state index in [0.717, 1.165) is 12.2 Å².